The van der Waals surface area contributed by atoms with Gasteiger partial charge in [0.05, 0.1) is 18.7 Å². The fourth-order valence-electron chi connectivity index (χ4n) is 3.62. The van der Waals surface area contributed by atoms with Crippen LogP contribution in [0.3, 0.4) is 0 Å². The molecule has 0 aliphatic rings. The summed E-state index contributed by atoms with van der Waals surface area (Å²) in [7, 11) is 1.63. The van der Waals surface area contributed by atoms with Gasteiger partial charge in [0.1, 0.15) is 12.4 Å². The average Bonchev–Trinajstić information content (AvgIpc) is 2.83. The quantitative estimate of drug-likeness (QED) is 0.297. The zero-order chi connectivity index (χ0) is 22.3. The third-order valence-corrected chi connectivity index (χ3v) is 5.48. The third-order valence-electron chi connectivity index (χ3n) is 5.20. The van der Waals surface area contributed by atoms with E-state index in [4.69, 9.17) is 25.8 Å². The van der Waals surface area contributed by atoms with Gasteiger partial charge in [0.2, 0.25) is 0 Å². The van der Waals surface area contributed by atoms with E-state index < -0.39 is 0 Å². The number of benzene rings is 4. The van der Waals surface area contributed by atoms with E-state index in [-0.39, 0.29) is 0 Å². The molecule has 0 amide bonds. The molecule has 0 atom stereocenters. The number of fused-ring (bicyclic) bond motifs is 1. The van der Waals surface area contributed by atoms with Crippen LogP contribution < -0.4 is 19.5 Å². The van der Waals surface area contributed by atoms with Crippen molar-refractivity contribution in [1.82, 2.24) is 0 Å². The summed E-state index contributed by atoms with van der Waals surface area (Å²) in [4.78, 5) is 0. The van der Waals surface area contributed by atoms with E-state index in [1.807, 2.05) is 61.5 Å². The minimum Gasteiger partial charge on any atom is -0.494 e. The van der Waals surface area contributed by atoms with Crippen molar-refractivity contribution in [3.63, 3.8) is 0 Å². The molecule has 0 heterocycles. The van der Waals surface area contributed by atoms with E-state index in [9.17, 15) is 0 Å². The fourth-order valence-corrected chi connectivity index (χ4v) is 3.91. The summed E-state index contributed by atoms with van der Waals surface area (Å²) in [5.41, 5.74) is 3.10. The lowest BCUT2D eigenvalue weighted by atomic mass is 10.1. The van der Waals surface area contributed by atoms with Crippen LogP contribution in [0.15, 0.2) is 78.9 Å². The summed E-state index contributed by atoms with van der Waals surface area (Å²) in [5.74, 6) is 2.02. The SMILES string of the molecule is CCOc1ccc(NCc2cc(Cl)c(OCc3cccc4ccccc34)c(OC)c2)cc1. The highest BCUT2D eigenvalue weighted by Gasteiger charge is 2.13. The van der Waals surface area contributed by atoms with Gasteiger partial charge in [-0.2, -0.15) is 0 Å². The van der Waals surface area contributed by atoms with Crippen LogP contribution in [0, 0.1) is 0 Å². The Morgan fingerprint density at radius 3 is 2.44 bits per heavy atom. The Hall–Kier alpha value is -3.37. The summed E-state index contributed by atoms with van der Waals surface area (Å²) >= 11 is 6.59. The Bertz CT molecular complexity index is 1190. The maximum absolute atomic E-state index is 6.59. The molecule has 0 spiro atoms. The molecular formula is C27H26ClNO3. The summed E-state index contributed by atoms with van der Waals surface area (Å²) in [5, 5.41) is 6.27. The van der Waals surface area contributed by atoms with Gasteiger partial charge in [0.25, 0.3) is 0 Å². The molecule has 0 aromatic heterocycles. The van der Waals surface area contributed by atoms with E-state index in [1.54, 1.807) is 7.11 Å². The maximum atomic E-state index is 6.59. The van der Waals surface area contributed by atoms with Crippen molar-refractivity contribution in [3.05, 3.63) is 95.0 Å². The number of hydrogen-bond acceptors (Lipinski definition) is 4. The molecule has 0 aliphatic carbocycles. The monoisotopic (exact) mass is 447 g/mol. The van der Waals surface area contributed by atoms with Crippen molar-refractivity contribution in [2.24, 2.45) is 0 Å². The Kier molecular flexibility index (Phi) is 7.03. The molecule has 4 nitrogen and oxygen atoms in total. The lowest BCUT2D eigenvalue weighted by Crippen LogP contribution is -2.03. The molecule has 0 bridgehead atoms. The first-order valence-electron chi connectivity index (χ1n) is 10.6. The first-order chi connectivity index (χ1) is 15.7. The minimum absolute atomic E-state index is 0.404. The highest BCUT2D eigenvalue weighted by Crippen LogP contribution is 2.37. The maximum Gasteiger partial charge on any atom is 0.180 e. The lowest BCUT2D eigenvalue weighted by molar-refractivity contribution is 0.285. The predicted molar refractivity (Wildman–Crippen MR) is 131 cm³/mol. The average molecular weight is 448 g/mol. The smallest absolute Gasteiger partial charge is 0.180 e. The van der Waals surface area contributed by atoms with Crippen molar-refractivity contribution in [2.75, 3.05) is 19.0 Å². The molecule has 4 aromatic rings. The molecule has 0 aliphatic heterocycles. The van der Waals surface area contributed by atoms with Crippen LogP contribution >= 0.6 is 11.6 Å². The molecule has 0 unspecified atom stereocenters. The number of hydrogen-bond donors (Lipinski definition) is 1. The van der Waals surface area contributed by atoms with Gasteiger partial charge in [-0.3, -0.25) is 0 Å². The first-order valence-corrected chi connectivity index (χ1v) is 11.0. The second-order valence-corrected chi connectivity index (χ2v) is 7.75. The highest BCUT2D eigenvalue weighted by atomic mass is 35.5. The number of methoxy groups -OCH3 is 1. The highest BCUT2D eigenvalue weighted by molar-refractivity contribution is 6.32. The summed E-state index contributed by atoms with van der Waals surface area (Å²) in [6.45, 7) is 3.63. The van der Waals surface area contributed by atoms with Gasteiger partial charge < -0.3 is 19.5 Å². The van der Waals surface area contributed by atoms with Crippen LogP contribution in [0.2, 0.25) is 5.02 Å². The fraction of sp³-hybridized carbons (Fsp3) is 0.185. The number of halogens is 1. The third kappa shape index (κ3) is 5.09. The normalized spacial score (nSPS) is 10.7. The van der Waals surface area contributed by atoms with Gasteiger partial charge in [0, 0.05) is 12.2 Å². The van der Waals surface area contributed by atoms with Crippen LogP contribution in [0.5, 0.6) is 17.2 Å². The number of ether oxygens (including phenoxy) is 3. The zero-order valence-corrected chi connectivity index (χ0v) is 19.0. The summed E-state index contributed by atoms with van der Waals surface area (Å²) in [6, 6.07) is 26.2. The predicted octanol–water partition coefficient (Wildman–Crippen LogP) is 7.09. The molecule has 1 N–H and O–H groups in total. The van der Waals surface area contributed by atoms with Crippen molar-refractivity contribution in [1.29, 1.82) is 0 Å². The lowest BCUT2D eigenvalue weighted by Gasteiger charge is -2.16. The molecule has 0 radical (unpaired) electrons. The molecular weight excluding hydrogens is 422 g/mol. The van der Waals surface area contributed by atoms with E-state index in [0.717, 1.165) is 22.6 Å². The van der Waals surface area contributed by atoms with Gasteiger partial charge in [-0.1, -0.05) is 54.1 Å². The van der Waals surface area contributed by atoms with E-state index in [2.05, 4.69) is 29.6 Å². The first kappa shape index (κ1) is 21.8. The second kappa shape index (κ2) is 10.3. The Morgan fingerprint density at radius 1 is 0.875 bits per heavy atom. The Labute approximate surface area is 193 Å². The van der Waals surface area contributed by atoms with Crippen molar-refractivity contribution in [2.45, 2.75) is 20.1 Å². The Balaban J connectivity index is 1.47. The topological polar surface area (TPSA) is 39.7 Å². The molecule has 164 valence electrons. The van der Waals surface area contributed by atoms with Gasteiger partial charge in [0.15, 0.2) is 11.5 Å². The van der Waals surface area contributed by atoms with Gasteiger partial charge in [-0.15, -0.1) is 0 Å². The standard InChI is InChI=1S/C27H26ClNO3/c1-3-31-23-13-11-22(12-14-23)29-17-19-15-25(28)27(26(16-19)30-2)32-18-21-9-6-8-20-7-4-5-10-24(20)21/h4-16,29H,3,17-18H2,1-2H3. The van der Waals surface area contributed by atoms with Crippen LogP contribution in [-0.2, 0) is 13.2 Å². The van der Waals surface area contributed by atoms with Crippen LogP contribution in [0.25, 0.3) is 10.8 Å². The van der Waals surface area contributed by atoms with Crippen molar-refractivity contribution < 1.29 is 14.2 Å². The van der Waals surface area contributed by atoms with E-state index in [0.29, 0.717) is 36.3 Å². The van der Waals surface area contributed by atoms with E-state index in [1.165, 1.54) is 10.8 Å². The van der Waals surface area contributed by atoms with Crippen LogP contribution in [-0.4, -0.2) is 13.7 Å². The molecule has 0 saturated heterocycles. The Morgan fingerprint density at radius 2 is 1.66 bits per heavy atom. The van der Waals surface area contributed by atoms with Crippen LogP contribution in [0.4, 0.5) is 5.69 Å². The molecule has 4 rings (SSSR count). The zero-order valence-electron chi connectivity index (χ0n) is 18.2. The molecule has 0 fully saturated rings. The number of nitrogens with one attached hydrogen (secondary N) is 1. The van der Waals surface area contributed by atoms with Gasteiger partial charge in [-0.05, 0) is 65.2 Å². The molecule has 32 heavy (non-hydrogen) atoms. The summed E-state index contributed by atoms with van der Waals surface area (Å²) in [6.07, 6.45) is 0. The van der Waals surface area contributed by atoms with Crippen molar-refractivity contribution >= 4 is 28.1 Å². The molecule has 5 heteroatoms. The second-order valence-electron chi connectivity index (χ2n) is 7.35. The molecule has 4 aromatic carbocycles. The largest absolute Gasteiger partial charge is 0.494 e. The number of rotatable bonds is 9. The number of anilines is 1. The molecule has 0 saturated carbocycles. The van der Waals surface area contributed by atoms with Gasteiger partial charge in [-0.25, -0.2) is 0 Å². The van der Waals surface area contributed by atoms with Gasteiger partial charge >= 0.3 is 0 Å². The van der Waals surface area contributed by atoms with Crippen molar-refractivity contribution in [3.8, 4) is 17.2 Å². The van der Waals surface area contributed by atoms with E-state index >= 15 is 0 Å². The van der Waals surface area contributed by atoms with Crippen LogP contribution in [0.1, 0.15) is 18.1 Å². The minimum atomic E-state index is 0.404. The summed E-state index contributed by atoms with van der Waals surface area (Å²) < 4.78 is 17.2.